The van der Waals surface area contributed by atoms with Crippen LogP contribution in [0.15, 0.2) is 22.8 Å². The second kappa shape index (κ2) is 3.07. The van der Waals surface area contributed by atoms with E-state index < -0.39 is 5.79 Å². The lowest BCUT2D eigenvalue weighted by Gasteiger charge is -2.19. The van der Waals surface area contributed by atoms with Gasteiger partial charge in [0.25, 0.3) is 0 Å². The van der Waals surface area contributed by atoms with Crippen molar-refractivity contribution >= 4 is 0 Å². The van der Waals surface area contributed by atoms with Gasteiger partial charge >= 0.3 is 0 Å². The van der Waals surface area contributed by atoms with Gasteiger partial charge in [-0.3, -0.25) is 0 Å². The molecule has 0 amide bonds. The fraction of sp³-hybridized carbons (Fsp3) is 0.500. The number of hydrogen-bond donors (Lipinski definition) is 1. The maximum atomic E-state index is 9.56. The van der Waals surface area contributed by atoms with Gasteiger partial charge in [0.1, 0.15) is 0 Å². The molecule has 0 bridgehead atoms. The molecule has 0 saturated carbocycles. The first-order valence-corrected chi connectivity index (χ1v) is 3.57. The molecule has 1 aromatic rings. The molecular formula is C8H12O3. The van der Waals surface area contributed by atoms with Gasteiger partial charge in [-0.15, -0.1) is 0 Å². The Labute approximate surface area is 65.6 Å². The lowest BCUT2D eigenvalue weighted by atomic mass is 10.2. The molecule has 1 N–H and O–H groups in total. The first kappa shape index (κ1) is 8.30. The van der Waals surface area contributed by atoms with Crippen molar-refractivity contribution in [3.63, 3.8) is 0 Å². The third-order valence-electron chi connectivity index (χ3n) is 1.40. The molecule has 0 fully saturated rings. The summed E-state index contributed by atoms with van der Waals surface area (Å²) in [7, 11) is 0. The Kier molecular flexibility index (Phi) is 2.31. The smallest absolute Gasteiger partial charge is 0.222 e. The molecule has 11 heavy (non-hydrogen) atoms. The molecule has 3 nitrogen and oxygen atoms in total. The Bertz CT molecular complexity index is 201. The van der Waals surface area contributed by atoms with Gasteiger partial charge in [-0.1, -0.05) is 0 Å². The van der Waals surface area contributed by atoms with Gasteiger partial charge in [-0.2, -0.15) is 0 Å². The zero-order chi connectivity index (χ0) is 8.32. The summed E-state index contributed by atoms with van der Waals surface area (Å²) in [6, 6.07) is 3.39. The maximum Gasteiger partial charge on any atom is 0.222 e. The van der Waals surface area contributed by atoms with Gasteiger partial charge < -0.3 is 14.3 Å². The molecule has 0 aliphatic carbocycles. The SMILES string of the molecule is CCOC(C)(O)c1ccco1. The van der Waals surface area contributed by atoms with Crippen molar-refractivity contribution in [2.45, 2.75) is 19.6 Å². The molecule has 1 aromatic heterocycles. The van der Waals surface area contributed by atoms with Crippen LogP contribution in [0.3, 0.4) is 0 Å². The van der Waals surface area contributed by atoms with Crippen molar-refractivity contribution in [2.75, 3.05) is 6.61 Å². The highest BCUT2D eigenvalue weighted by atomic mass is 16.6. The summed E-state index contributed by atoms with van der Waals surface area (Å²) in [5, 5.41) is 9.56. The lowest BCUT2D eigenvalue weighted by Crippen LogP contribution is -2.24. The van der Waals surface area contributed by atoms with Crippen LogP contribution in [-0.4, -0.2) is 11.7 Å². The highest BCUT2D eigenvalue weighted by Gasteiger charge is 2.25. The van der Waals surface area contributed by atoms with Crippen LogP contribution in [-0.2, 0) is 10.5 Å². The quantitative estimate of drug-likeness (QED) is 0.674. The Hall–Kier alpha value is -0.800. The van der Waals surface area contributed by atoms with Gasteiger partial charge in [0.15, 0.2) is 5.76 Å². The largest absolute Gasteiger partial charge is 0.464 e. The van der Waals surface area contributed by atoms with E-state index in [9.17, 15) is 5.11 Å². The number of ether oxygens (including phenoxy) is 1. The standard InChI is InChI=1S/C8H12O3/c1-3-11-8(2,9)7-5-4-6-10-7/h4-6,9H,3H2,1-2H3. The number of rotatable bonds is 3. The van der Waals surface area contributed by atoms with E-state index in [1.54, 1.807) is 19.1 Å². The Morgan fingerprint density at radius 1 is 1.73 bits per heavy atom. The average molecular weight is 156 g/mol. The highest BCUT2D eigenvalue weighted by molar-refractivity contribution is 5.03. The summed E-state index contributed by atoms with van der Waals surface area (Å²) < 4.78 is 10.0. The topological polar surface area (TPSA) is 42.6 Å². The zero-order valence-electron chi connectivity index (χ0n) is 6.70. The normalized spacial score (nSPS) is 16.3. The van der Waals surface area contributed by atoms with Crippen molar-refractivity contribution in [2.24, 2.45) is 0 Å². The van der Waals surface area contributed by atoms with Crippen LogP contribution in [0.4, 0.5) is 0 Å². The summed E-state index contributed by atoms with van der Waals surface area (Å²) in [5.74, 6) is -0.863. The first-order valence-electron chi connectivity index (χ1n) is 3.57. The molecule has 0 spiro atoms. The summed E-state index contributed by atoms with van der Waals surface area (Å²) in [4.78, 5) is 0. The van der Waals surface area contributed by atoms with Gasteiger partial charge in [0.05, 0.1) is 6.26 Å². The summed E-state index contributed by atoms with van der Waals surface area (Å²) in [5.41, 5.74) is 0. The molecule has 1 atom stereocenters. The van der Waals surface area contributed by atoms with Crippen molar-refractivity contribution in [3.8, 4) is 0 Å². The monoisotopic (exact) mass is 156 g/mol. The van der Waals surface area contributed by atoms with E-state index in [4.69, 9.17) is 9.15 Å². The minimum Gasteiger partial charge on any atom is -0.464 e. The molecule has 1 heterocycles. The number of hydrogen-bond acceptors (Lipinski definition) is 3. The van der Waals surface area contributed by atoms with E-state index in [-0.39, 0.29) is 0 Å². The summed E-state index contributed by atoms with van der Waals surface area (Å²) in [6.07, 6.45) is 1.50. The molecule has 3 heteroatoms. The third-order valence-corrected chi connectivity index (χ3v) is 1.40. The zero-order valence-corrected chi connectivity index (χ0v) is 6.70. The lowest BCUT2D eigenvalue weighted by molar-refractivity contribution is -0.206. The minimum atomic E-state index is -1.29. The Morgan fingerprint density at radius 3 is 2.91 bits per heavy atom. The molecule has 0 radical (unpaired) electrons. The second-order valence-electron chi connectivity index (χ2n) is 2.39. The molecule has 1 unspecified atom stereocenters. The molecule has 0 saturated heterocycles. The van der Waals surface area contributed by atoms with Crippen molar-refractivity contribution < 1.29 is 14.3 Å². The van der Waals surface area contributed by atoms with E-state index in [2.05, 4.69) is 0 Å². The fourth-order valence-electron chi connectivity index (χ4n) is 0.895. The fourth-order valence-corrected chi connectivity index (χ4v) is 0.895. The van der Waals surface area contributed by atoms with E-state index in [0.717, 1.165) is 0 Å². The molecule has 62 valence electrons. The predicted molar refractivity (Wildman–Crippen MR) is 39.9 cm³/mol. The summed E-state index contributed by atoms with van der Waals surface area (Å²) >= 11 is 0. The van der Waals surface area contributed by atoms with E-state index >= 15 is 0 Å². The van der Waals surface area contributed by atoms with Gasteiger partial charge in [-0.25, -0.2) is 0 Å². The van der Waals surface area contributed by atoms with Crippen LogP contribution in [0, 0.1) is 0 Å². The molecule has 1 rings (SSSR count). The van der Waals surface area contributed by atoms with Crippen molar-refractivity contribution in [1.82, 2.24) is 0 Å². The second-order valence-corrected chi connectivity index (χ2v) is 2.39. The van der Waals surface area contributed by atoms with Crippen LogP contribution in [0.5, 0.6) is 0 Å². The number of furan rings is 1. The Morgan fingerprint density at radius 2 is 2.45 bits per heavy atom. The average Bonchev–Trinajstić information content (AvgIpc) is 2.37. The van der Waals surface area contributed by atoms with Crippen LogP contribution >= 0.6 is 0 Å². The van der Waals surface area contributed by atoms with Crippen molar-refractivity contribution in [3.05, 3.63) is 24.2 Å². The minimum absolute atomic E-state index is 0.430. The first-order chi connectivity index (χ1) is 5.17. The van der Waals surface area contributed by atoms with Crippen LogP contribution < -0.4 is 0 Å². The van der Waals surface area contributed by atoms with Gasteiger partial charge in [0, 0.05) is 6.61 Å². The predicted octanol–water partition coefficient (Wildman–Crippen LogP) is 1.48. The molecule has 0 aliphatic rings. The van der Waals surface area contributed by atoms with E-state index in [1.807, 2.05) is 6.92 Å². The number of aliphatic hydroxyl groups is 1. The van der Waals surface area contributed by atoms with Crippen LogP contribution in [0.25, 0.3) is 0 Å². The van der Waals surface area contributed by atoms with Gasteiger partial charge in [-0.05, 0) is 26.0 Å². The van der Waals surface area contributed by atoms with Crippen LogP contribution in [0.1, 0.15) is 19.6 Å². The summed E-state index contributed by atoms with van der Waals surface area (Å²) in [6.45, 7) is 3.82. The van der Waals surface area contributed by atoms with E-state index in [0.29, 0.717) is 12.4 Å². The van der Waals surface area contributed by atoms with Crippen LogP contribution in [0.2, 0.25) is 0 Å². The third kappa shape index (κ3) is 1.82. The van der Waals surface area contributed by atoms with Gasteiger partial charge in [0.2, 0.25) is 5.79 Å². The maximum absolute atomic E-state index is 9.56. The highest BCUT2D eigenvalue weighted by Crippen LogP contribution is 2.21. The van der Waals surface area contributed by atoms with E-state index in [1.165, 1.54) is 6.26 Å². The molecule has 0 aliphatic heterocycles. The molecule has 0 aromatic carbocycles. The Balaban J connectivity index is 2.73. The van der Waals surface area contributed by atoms with Crippen molar-refractivity contribution in [1.29, 1.82) is 0 Å². The molecular weight excluding hydrogens is 144 g/mol.